The highest BCUT2D eigenvalue weighted by Crippen LogP contribution is 2.51. The summed E-state index contributed by atoms with van der Waals surface area (Å²) < 4.78 is 10.8. The molecule has 30 heavy (non-hydrogen) atoms. The molecular formula is C23H32N2O5. The van der Waals surface area contributed by atoms with Crippen LogP contribution in [0.3, 0.4) is 0 Å². The van der Waals surface area contributed by atoms with Crippen LogP contribution in [0.15, 0.2) is 23.3 Å². The number of ketones is 1. The van der Waals surface area contributed by atoms with Crippen LogP contribution in [-0.2, 0) is 19.1 Å². The third-order valence-corrected chi connectivity index (χ3v) is 6.83. The molecule has 164 valence electrons. The van der Waals surface area contributed by atoms with Gasteiger partial charge in [0.05, 0.1) is 12.1 Å². The Bertz CT molecular complexity index is 829. The second kappa shape index (κ2) is 7.22. The number of hydrogen-bond donors (Lipinski definition) is 0. The molecule has 0 aromatic heterocycles. The zero-order valence-corrected chi connectivity index (χ0v) is 18.5. The number of carbonyl (C=O) groups is 3. The number of morpholine rings is 1. The van der Waals surface area contributed by atoms with Gasteiger partial charge in [0.1, 0.15) is 12.2 Å². The Hall–Kier alpha value is -2.15. The number of likely N-dealkylation sites (tertiary alicyclic amines) is 1. The van der Waals surface area contributed by atoms with Crippen molar-refractivity contribution in [1.82, 2.24) is 9.80 Å². The minimum atomic E-state index is -0.526. The van der Waals surface area contributed by atoms with Gasteiger partial charge in [0.15, 0.2) is 5.78 Å². The Morgan fingerprint density at radius 3 is 2.47 bits per heavy atom. The summed E-state index contributed by atoms with van der Waals surface area (Å²) in [6.07, 6.45) is 6.41. The van der Waals surface area contributed by atoms with Gasteiger partial charge in [-0.1, -0.05) is 12.2 Å². The van der Waals surface area contributed by atoms with Crippen molar-refractivity contribution >= 4 is 17.8 Å². The van der Waals surface area contributed by atoms with Gasteiger partial charge in [-0.25, -0.2) is 4.79 Å². The molecule has 7 heteroatoms. The topological polar surface area (TPSA) is 76.2 Å². The fourth-order valence-corrected chi connectivity index (χ4v) is 5.16. The van der Waals surface area contributed by atoms with E-state index < -0.39 is 16.6 Å². The molecule has 2 aliphatic carbocycles. The molecule has 0 N–H and O–H groups in total. The van der Waals surface area contributed by atoms with E-state index in [1.807, 2.05) is 32.6 Å². The van der Waals surface area contributed by atoms with E-state index in [2.05, 4.69) is 12.2 Å². The number of carbonyl (C=O) groups excluding carboxylic acids is 3. The lowest BCUT2D eigenvalue weighted by Gasteiger charge is -2.43. The van der Waals surface area contributed by atoms with Crippen molar-refractivity contribution in [2.45, 2.75) is 64.5 Å². The third kappa shape index (κ3) is 3.68. The number of piperidine rings is 1. The summed E-state index contributed by atoms with van der Waals surface area (Å²) in [5.74, 6) is 0.181. The average molecular weight is 417 g/mol. The van der Waals surface area contributed by atoms with Gasteiger partial charge in [0.2, 0.25) is 5.91 Å². The molecule has 2 aliphatic heterocycles. The maximum Gasteiger partial charge on any atom is 0.410 e. The Labute approximate surface area is 178 Å². The van der Waals surface area contributed by atoms with Crippen LogP contribution < -0.4 is 0 Å². The van der Waals surface area contributed by atoms with Crippen LogP contribution in [0.2, 0.25) is 0 Å². The predicted molar refractivity (Wildman–Crippen MR) is 111 cm³/mol. The first kappa shape index (κ1) is 21.1. The summed E-state index contributed by atoms with van der Waals surface area (Å²) in [4.78, 5) is 41.9. The molecule has 1 atom stereocenters. The number of rotatable bonds is 1. The summed E-state index contributed by atoms with van der Waals surface area (Å²) >= 11 is 0. The Kier molecular flexibility index (Phi) is 5.08. The smallest absolute Gasteiger partial charge is 0.410 e. The van der Waals surface area contributed by atoms with Crippen LogP contribution in [-0.4, -0.2) is 71.6 Å². The average Bonchev–Trinajstić information content (AvgIpc) is 2.93. The van der Waals surface area contributed by atoms with Crippen LogP contribution in [0.25, 0.3) is 0 Å². The van der Waals surface area contributed by atoms with E-state index in [4.69, 9.17) is 9.47 Å². The van der Waals surface area contributed by atoms with Crippen molar-refractivity contribution in [2.24, 2.45) is 5.41 Å². The highest BCUT2D eigenvalue weighted by Gasteiger charge is 2.51. The standard InChI is InChI=1S/C23H32N2O5/c1-21(2,3)30-20(28)24-9-7-23(8-10-24)13-16-5-6-22(4,14-17(16)19(23)27)25-11-12-29-15-18(25)26/h5-6H,7-15H2,1-4H3. The van der Waals surface area contributed by atoms with Crippen LogP contribution in [0.1, 0.15) is 53.4 Å². The fraction of sp³-hybridized carbons (Fsp3) is 0.696. The highest BCUT2D eigenvalue weighted by molar-refractivity contribution is 6.04. The molecule has 4 aliphatic rings. The van der Waals surface area contributed by atoms with E-state index in [-0.39, 0.29) is 24.4 Å². The number of Topliss-reactive ketones (excluding diaryl/α,β-unsaturated/α-hetero) is 1. The quantitative estimate of drug-likeness (QED) is 0.657. The first-order valence-electron chi connectivity index (χ1n) is 10.9. The highest BCUT2D eigenvalue weighted by atomic mass is 16.6. The molecule has 2 amide bonds. The largest absolute Gasteiger partial charge is 0.444 e. The molecule has 2 heterocycles. The Morgan fingerprint density at radius 2 is 1.83 bits per heavy atom. The molecule has 1 spiro atoms. The summed E-state index contributed by atoms with van der Waals surface area (Å²) in [6, 6.07) is 0. The van der Waals surface area contributed by atoms with Gasteiger partial charge in [-0.05, 0) is 52.5 Å². The second-order valence-electron chi connectivity index (χ2n) is 10.2. The number of allylic oxidation sites excluding steroid dienone is 2. The molecule has 4 rings (SSSR count). The van der Waals surface area contributed by atoms with Crippen LogP contribution in [0.5, 0.6) is 0 Å². The van der Waals surface area contributed by atoms with E-state index in [9.17, 15) is 14.4 Å². The van der Waals surface area contributed by atoms with E-state index in [1.54, 1.807) is 4.90 Å². The summed E-state index contributed by atoms with van der Waals surface area (Å²) in [5, 5.41) is 0. The van der Waals surface area contributed by atoms with Gasteiger partial charge < -0.3 is 19.3 Å². The van der Waals surface area contributed by atoms with Crippen molar-refractivity contribution in [1.29, 1.82) is 0 Å². The number of nitrogens with zero attached hydrogens (tertiary/aromatic N) is 2. The molecule has 2 fully saturated rings. The van der Waals surface area contributed by atoms with Gasteiger partial charge in [0, 0.05) is 37.0 Å². The van der Waals surface area contributed by atoms with Gasteiger partial charge in [-0.3, -0.25) is 9.59 Å². The lowest BCUT2D eigenvalue weighted by atomic mass is 9.74. The molecule has 0 aromatic carbocycles. The predicted octanol–water partition coefficient (Wildman–Crippen LogP) is 2.85. The minimum Gasteiger partial charge on any atom is -0.444 e. The molecule has 1 unspecified atom stereocenters. The van der Waals surface area contributed by atoms with E-state index in [0.29, 0.717) is 45.5 Å². The first-order valence-corrected chi connectivity index (χ1v) is 10.9. The number of amides is 2. The van der Waals surface area contributed by atoms with Gasteiger partial charge in [-0.15, -0.1) is 0 Å². The van der Waals surface area contributed by atoms with Crippen LogP contribution >= 0.6 is 0 Å². The van der Waals surface area contributed by atoms with Crippen molar-refractivity contribution in [3.8, 4) is 0 Å². The molecule has 2 saturated heterocycles. The van der Waals surface area contributed by atoms with Gasteiger partial charge in [-0.2, -0.15) is 0 Å². The molecule has 7 nitrogen and oxygen atoms in total. The zero-order valence-electron chi connectivity index (χ0n) is 18.5. The number of ether oxygens (including phenoxy) is 2. The van der Waals surface area contributed by atoms with E-state index in [0.717, 1.165) is 17.6 Å². The lowest BCUT2D eigenvalue weighted by Crippen LogP contribution is -2.55. The monoisotopic (exact) mass is 416 g/mol. The molecular weight excluding hydrogens is 384 g/mol. The lowest BCUT2D eigenvalue weighted by molar-refractivity contribution is -0.148. The van der Waals surface area contributed by atoms with Crippen molar-refractivity contribution < 1.29 is 23.9 Å². The molecule has 0 aromatic rings. The number of hydrogen-bond acceptors (Lipinski definition) is 5. The van der Waals surface area contributed by atoms with Gasteiger partial charge in [0.25, 0.3) is 0 Å². The SMILES string of the molecule is CC(C)(C)OC(=O)N1CCC2(CC1)CC1=C(CC(C)(N3CCOCC3=O)C=C1)C2=O. The third-order valence-electron chi connectivity index (χ3n) is 6.83. The van der Waals surface area contributed by atoms with E-state index >= 15 is 0 Å². The molecule has 0 saturated carbocycles. The maximum absolute atomic E-state index is 13.5. The Morgan fingerprint density at radius 1 is 1.13 bits per heavy atom. The minimum absolute atomic E-state index is 0.0247. The normalized spacial score (nSPS) is 28.9. The van der Waals surface area contributed by atoms with Crippen molar-refractivity contribution in [3.63, 3.8) is 0 Å². The van der Waals surface area contributed by atoms with Crippen molar-refractivity contribution in [2.75, 3.05) is 32.8 Å². The fourth-order valence-electron chi connectivity index (χ4n) is 5.16. The zero-order chi connectivity index (χ0) is 21.7. The Balaban J connectivity index is 1.44. The maximum atomic E-state index is 13.5. The first-order chi connectivity index (χ1) is 14.0. The van der Waals surface area contributed by atoms with E-state index in [1.165, 1.54) is 0 Å². The second-order valence-corrected chi connectivity index (χ2v) is 10.2. The van der Waals surface area contributed by atoms with Crippen molar-refractivity contribution in [3.05, 3.63) is 23.3 Å². The van der Waals surface area contributed by atoms with Crippen LogP contribution in [0.4, 0.5) is 4.79 Å². The van der Waals surface area contributed by atoms with Crippen LogP contribution in [0, 0.1) is 5.41 Å². The molecule has 0 radical (unpaired) electrons. The summed E-state index contributed by atoms with van der Waals surface area (Å²) in [5.41, 5.74) is 0.530. The van der Waals surface area contributed by atoms with Gasteiger partial charge >= 0.3 is 6.09 Å². The summed E-state index contributed by atoms with van der Waals surface area (Å²) in [7, 11) is 0. The molecule has 0 bridgehead atoms. The summed E-state index contributed by atoms with van der Waals surface area (Å²) in [6.45, 7) is 9.85.